The molecule has 0 aromatic rings. The van der Waals surface area contributed by atoms with Crippen LogP contribution in [0, 0.1) is 5.92 Å². The summed E-state index contributed by atoms with van der Waals surface area (Å²) in [5.41, 5.74) is 0. The van der Waals surface area contributed by atoms with E-state index in [0.29, 0.717) is 5.88 Å². The Kier molecular flexibility index (Phi) is 4.74. The van der Waals surface area contributed by atoms with Crippen LogP contribution in [0.1, 0.15) is 32.1 Å². The maximum absolute atomic E-state index is 12.8. The minimum Gasteiger partial charge on any atom is -0.340 e. The second kappa shape index (κ2) is 6.57. The van der Waals surface area contributed by atoms with Gasteiger partial charge in [-0.1, -0.05) is 12.8 Å². The van der Waals surface area contributed by atoms with Crippen molar-refractivity contribution in [1.29, 1.82) is 0 Å². The fourth-order valence-corrected chi connectivity index (χ4v) is 4.81. The molecule has 0 spiro atoms. The Bertz CT molecular complexity index is 406. The molecule has 3 fully saturated rings. The Morgan fingerprint density at radius 1 is 1.24 bits per heavy atom. The van der Waals surface area contributed by atoms with Crippen LogP contribution in [0.4, 0.5) is 0 Å². The maximum Gasteiger partial charge on any atom is 0.246 e. The summed E-state index contributed by atoms with van der Waals surface area (Å²) in [6.07, 6.45) is 5.33. The summed E-state index contributed by atoms with van der Waals surface area (Å²) < 4.78 is 0. The normalized spacial score (nSPS) is 30.0. The van der Waals surface area contributed by atoms with Crippen LogP contribution in [-0.4, -0.2) is 65.5 Å². The van der Waals surface area contributed by atoms with Crippen LogP contribution < -0.4 is 5.32 Å². The lowest BCUT2D eigenvalue weighted by atomic mass is 10.1. The lowest BCUT2D eigenvalue weighted by Crippen LogP contribution is -2.52. The van der Waals surface area contributed by atoms with Crippen molar-refractivity contribution in [2.45, 2.75) is 44.2 Å². The summed E-state index contributed by atoms with van der Waals surface area (Å²) in [6.45, 7) is 1.85. The van der Waals surface area contributed by atoms with Gasteiger partial charge in [-0.15, -0.1) is 11.8 Å². The van der Waals surface area contributed by atoms with Crippen LogP contribution in [0.2, 0.25) is 0 Å². The number of rotatable bonds is 3. The molecule has 0 radical (unpaired) electrons. The molecule has 2 unspecified atom stereocenters. The minimum absolute atomic E-state index is 0.125. The molecule has 2 atom stereocenters. The van der Waals surface area contributed by atoms with E-state index in [9.17, 15) is 9.59 Å². The van der Waals surface area contributed by atoms with Crippen molar-refractivity contribution in [3.05, 3.63) is 0 Å². The van der Waals surface area contributed by atoms with Gasteiger partial charge in [0.15, 0.2) is 0 Å². The average molecular weight is 311 g/mol. The number of nitrogens with zero attached hydrogens (tertiary/aromatic N) is 2. The molecular formula is C15H25N3O2S. The molecule has 3 rings (SSSR count). The number of hydrogen-bond donors (Lipinski definition) is 1. The van der Waals surface area contributed by atoms with Crippen LogP contribution in [-0.2, 0) is 9.59 Å². The number of hydrogen-bond acceptors (Lipinski definition) is 4. The van der Waals surface area contributed by atoms with Gasteiger partial charge >= 0.3 is 0 Å². The topological polar surface area (TPSA) is 52.7 Å². The highest BCUT2D eigenvalue weighted by molar-refractivity contribution is 7.99. The number of amides is 2. The molecule has 1 aliphatic carbocycles. The van der Waals surface area contributed by atoms with Gasteiger partial charge in [-0.05, 0) is 25.8 Å². The molecule has 2 aliphatic heterocycles. The van der Waals surface area contributed by atoms with E-state index in [4.69, 9.17) is 0 Å². The molecule has 6 heteroatoms. The molecule has 21 heavy (non-hydrogen) atoms. The summed E-state index contributed by atoms with van der Waals surface area (Å²) in [7, 11) is 1.89. The van der Waals surface area contributed by atoms with Crippen LogP contribution in [0.15, 0.2) is 0 Å². The fraction of sp³-hybridized carbons (Fsp3) is 0.867. The van der Waals surface area contributed by atoms with Crippen molar-refractivity contribution >= 4 is 23.6 Å². The molecule has 118 valence electrons. The monoisotopic (exact) mass is 311 g/mol. The molecule has 2 saturated heterocycles. The Balaban J connectivity index is 1.65. The van der Waals surface area contributed by atoms with E-state index in [-0.39, 0.29) is 29.8 Å². The van der Waals surface area contributed by atoms with Gasteiger partial charge in [0.2, 0.25) is 11.8 Å². The molecule has 1 saturated carbocycles. The van der Waals surface area contributed by atoms with Gasteiger partial charge in [0.25, 0.3) is 0 Å². The van der Waals surface area contributed by atoms with Gasteiger partial charge in [-0.2, -0.15) is 0 Å². The van der Waals surface area contributed by atoms with Crippen LogP contribution in [0.25, 0.3) is 0 Å². The zero-order valence-corrected chi connectivity index (χ0v) is 13.5. The zero-order valence-electron chi connectivity index (χ0n) is 12.7. The molecule has 2 heterocycles. The first-order valence-corrected chi connectivity index (χ1v) is 9.19. The van der Waals surface area contributed by atoms with Gasteiger partial charge in [0, 0.05) is 31.3 Å². The van der Waals surface area contributed by atoms with Crippen LogP contribution in [0.3, 0.4) is 0 Å². The number of thioether (sulfide) groups is 1. The highest BCUT2D eigenvalue weighted by Gasteiger charge is 2.40. The number of carbonyl (C=O) groups is 2. The second-order valence-corrected chi connectivity index (χ2v) is 7.40. The quantitative estimate of drug-likeness (QED) is 0.841. The average Bonchev–Trinajstić information content (AvgIpc) is 3.26. The van der Waals surface area contributed by atoms with Gasteiger partial charge in [0.05, 0.1) is 5.88 Å². The van der Waals surface area contributed by atoms with Crippen molar-refractivity contribution in [2.24, 2.45) is 5.92 Å². The predicted octanol–water partition coefficient (Wildman–Crippen LogP) is 0.898. The van der Waals surface area contributed by atoms with E-state index in [1.165, 1.54) is 0 Å². The van der Waals surface area contributed by atoms with E-state index in [2.05, 4.69) is 5.32 Å². The maximum atomic E-state index is 12.8. The van der Waals surface area contributed by atoms with Crippen LogP contribution in [0.5, 0.6) is 0 Å². The van der Waals surface area contributed by atoms with Gasteiger partial charge in [-0.3, -0.25) is 9.59 Å². The predicted molar refractivity (Wildman–Crippen MR) is 84.0 cm³/mol. The number of likely N-dealkylation sites (N-methyl/N-ethyl adjacent to an activating group) is 1. The highest BCUT2D eigenvalue weighted by atomic mass is 32.2. The third-order valence-corrected chi connectivity index (χ3v) is 6.10. The van der Waals surface area contributed by atoms with E-state index < -0.39 is 0 Å². The summed E-state index contributed by atoms with van der Waals surface area (Å²) in [6, 6.07) is 0.0419. The van der Waals surface area contributed by atoms with Crippen molar-refractivity contribution in [2.75, 3.05) is 31.8 Å². The van der Waals surface area contributed by atoms with Crippen molar-refractivity contribution < 1.29 is 9.59 Å². The molecule has 2 amide bonds. The Hall–Kier alpha value is -0.750. The number of carbonyl (C=O) groups excluding carboxylic acids is 2. The minimum atomic E-state index is -0.242. The van der Waals surface area contributed by atoms with E-state index >= 15 is 0 Å². The SMILES string of the molecule is CN(C(=O)C1CSCN1C(=O)C1CCCC1)C1CCNC1. The van der Waals surface area contributed by atoms with Crippen LogP contribution >= 0.6 is 11.8 Å². The summed E-state index contributed by atoms with van der Waals surface area (Å²) in [5, 5.41) is 3.30. The van der Waals surface area contributed by atoms with Crippen molar-refractivity contribution in [3.63, 3.8) is 0 Å². The van der Waals surface area contributed by atoms with Gasteiger partial charge < -0.3 is 15.1 Å². The Morgan fingerprint density at radius 2 is 2.00 bits per heavy atom. The first kappa shape index (κ1) is 15.2. The third kappa shape index (κ3) is 3.06. The fourth-order valence-electron chi connectivity index (χ4n) is 3.66. The third-order valence-electron chi connectivity index (χ3n) is 5.08. The van der Waals surface area contributed by atoms with E-state index in [1.54, 1.807) is 11.8 Å². The summed E-state index contributed by atoms with van der Waals surface area (Å²) in [5.74, 6) is 1.94. The second-order valence-electron chi connectivity index (χ2n) is 6.40. The van der Waals surface area contributed by atoms with E-state index in [0.717, 1.165) is 50.9 Å². The zero-order chi connectivity index (χ0) is 14.8. The standard InChI is InChI=1S/C15H25N3O2S/c1-17(12-6-7-16-8-12)15(20)13-9-21-10-18(13)14(19)11-4-2-3-5-11/h11-13,16H,2-10H2,1H3. The Labute approximate surface area is 130 Å². The molecule has 0 aromatic heterocycles. The summed E-state index contributed by atoms with van der Waals surface area (Å²) >= 11 is 1.71. The first-order valence-electron chi connectivity index (χ1n) is 8.04. The van der Waals surface area contributed by atoms with Crippen molar-refractivity contribution in [3.8, 4) is 0 Å². The molecule has 1 N–H and O–H groups in total. The number of nitrogens with one attached hydrogen (secondary N) is 1. The lowest BCUT2D eigenvalue weighted by molar-refractivity contribution is -0.145. The largest absolute Gasteiger partial charge is 0.340 e. The molecular weight excluding hydrogens is 286 g/mol. The van der Waals surface area contributed by atoms with Gasteiger partial charge in [0.1, 0.15) is 6.04 Å². The van der Waals surface area contributed by atoms with Gasteiger partial charge in [-0.25, -0.2) is 0 Å². The highest BCUT2D eigenvalue weighted by Crippen LogP contribution is 2.31. The molecule has 3 aliphatic rings. The Morgan fingerprint density at radius 3 is 2.67 bits per heavy atom. The molecule has 0 aromatic carbocycles. The van der Waals surface area contributed by atoms with Crippen molar-refractivity contribution in [1.82, 2.24) is 15.1 Å². The van der Waals surface area contributed by atoms with E-state index in [1.807, 2.05) is 16.8 Å². The summed E-state index contributed by atoms with van der Waals surface area (Å²) in [4.78, 5) is 29.1. The first-order chi connectivity index (χ1) is 10.2. The smallest absolute Gasteiger partial charge is 0.246 e. The molecule has 0 bridgehead atoms. The lowest BCUT2D eigenvalue weighted by Gasteiger charge is -2.31. The molecule has 5 nitrogen and oxygen atoms in total.